The molecule has 0 amide bonds. The zero-order valence-corrected chi connectivity index (χ0v) is 14.7. The Labute approximate surface area is 153 Å². The molecule has 0 unspecified atom stereocenters. The molecule has 0 saturated heterocycles. The molecule has 0 heterocycles. The number of allylic oxidation sites excluding steroid dienone is 1. The fourth-order valence-electron chi connectivity index (χ4n) is 3.02. The molecule has 0 aliphatic rings. The van der Waals surface area contributed by atoms with E-state index in [1.165, 1.54) is 17.0 Å². The highest BCUT2D eigenvalue weighted by Gasteiger charge is 2.13. The van der Waals surface area contributed by atoms with Crippen molar-refractivity contribution in [2.75, 3.05) is 7.11 Å². The van der Waals surface area contributed by atoms with E-state index in [1.807, 2.05) is 24.3 Å². The molecule has 0 saturated carbocycles. The van der Waals surface area contributed by atoms with Crippen LogP contribution in [0, 0.1) is 0 Å². The maximum Gasteiger partial charge on any atom is 0.165 e. The molecular formula is C22H21NO3. The Hall–Kier alpha value is -3.27. The van der Waals surface area contributed by atoms with E-state index >= 15 is 0 Å². The van der Waals surface area contributed by atoms with Gasteiger partial charge in [-0.15, -0.1) is 6.58 Å². The van der Waals surface area contributed by atoms with Crippen molar-refractivity contribution < 1.29 is 14.7 Å². The molecule has 1 N–H and O–H groups in total. The maximum absolute atomic E-state index is 8.80. The molecule has 4 nitrogen and oxygen atoms in total. The molecule has 132 valence electrons. The molecule has 0 fully saturated rings. The summed E-state index contributed by atoms with van der Waals surface area (Å²) in [5.74, 6) is 1.27. The van der Waals surface area contributed by atoms with Crippen molar-refractivity contribution in [1.29, 1.82) is 0 Å². The molecule has 0 bridgehead atoms. The summed E-state index contributed by atoms with van der Waals surface area (Å²) in [6, 6.07) is 18.1. The van der Waals surface area contributed by atoms with Gasteiger partial charge in [0.05, 0.1) is 13.3 Å². The predicted molar refractivity (Wildman–Crippen MR) is 105 cm³/mol. The summed E-state index contributed by atoms with van der Waals surface area (Å²) in [5, 5.41) is 14.2. The highest BCUT2D eigenvalue weighted by molar-refractivity contribution is 5.85. The van der Waals surface area contributed by atoms with Gasteiger partial charge in [-0.3, -0.25) is 0 Å². The molecule has 26 heavy (non-hydrogen) atoms. The minimum atomic E-state index is 0.426. The zero-order chi connectivity index (χ0) is 18.4. The largest absolute Gasteiger partial charge is 0.493 e. The molecule has 4 heteroatoms. The Bertz CT molecular complexity index is 942. The van der Waals surface area contributed by atoms with Gasteiger partial charge in [0.1, 0.15) is 6.61 Å². The summed E-state index contributed by atoms with van der Waals surface area (Å²) >= 11 is 0. The number of benzene rings is 3. The Morgan fingerprint density at radius 2 is 1.88 bits per heavy atom. The second-order valence-electron chi connectivity index (χ2n) is 5.88. The van der Waals surface area contributed by atoms with Gasteiger partial charge in [0.15, 0.2) is 11.5 Å². The van der Waals surface area contributed by atoms with Crippen LogP contribution in [0.25, 0.3) is 10.8 Å². The van der Waals surface area contributed by atoms with Crippen LogP contribution in [0.5, 0.6) is 11.5 Å². The lowest BCUT2D eigenvalue weighted by atomic mass is 10.0. The van der Waals surface area contributed by atoms with Gasteiger partial charge in [-0.2, -0.15) is 0 Å². The molecule has 3 rings (SSSR count). The first kappa shape index (κ1) is 17.5. The summed E-state index contributed by atoms with van der Waals surface area (Å²) in [4.78, 5) is 0. The Morgan fingerprint density at radius 3 is 2.65 bits per heavy atom. The standard InChI is InChI=1S/C22H21NO3/c1-3-7-18-12-16(14-23-24)13-21(25-2)22(18)26-15-19-10-6-9-17-8-4-5-11-20(17)19/h3-6,8-14,24H,1,7,15H2,2H3/b23-14-. The smallest absolute Gasteiger partial charge is 0.165 e. The van der Waals surface area contributed by atoms with Crippen LogP contribution < -0.4 is 9.47 Å². The molecule has 3 aromatic rings. The van der Waals surface area contributed by atoms with Crippen LogP contribution in [0.1, 0.15) is 16.7 Å². The SMILES string of the molecule is C=CCc1cc(/C=N\O)cc(OC)c1OCc1cccc2ccccc12. The fraction of sp³-hybridized carbons (Fsp3) is 0.136. The third-order valence-electron chi connectivity index (χ3n) is 4.20. The molecule has 0 radical (unpaired) electrons. The third kappa shape index (κ3) is 3.70. The topological polar surface area (TPSA) is 51.1 Å². The Kier molecular flexibility index (Phi) is 5.54. The minimum Gasteiger partial charge on any atom is -0.493 e. The van der Waals surface area contributed by atoms with Crippen LogP contribution in [0.4, 0.5) is 0 Å². The average molecular weight is 347 g/mol. The van der Waals surface area contributed by atoms with Gasteiger partial charge < -0.3 is 14.7 Å². The van der Waals surface area contributed by atoms with E-state index in [2.05, 4.69) is 36.0 Å². The van der Waals surface area contributed by atoms with Gasteiger partial charge in [0, 0.05) is 11.1 Å². The summed E-state index contributed by atoms with van der Waals surface area (Å²) in [7, 11) is 1.59. The summed E-state index contributed by atoms with van der Waals surface area (Å²) in [6.45, 7) is 4.23. The van der Waals surface area contributed by atoms with Crippen molar-refractivity contribution >= 4 is 17.0 Å². The van der Waals surface area contributed by atoms with Gasteiger partial charge in [-0.05, 0) is 34.9 Å². The lowest BCUT2D eigenvalue weighted by Crippen LogP contribution is -2.03. The molecule has 0 aliphatic carbocycles. The number of ether oxygens (including phenoxy) is 2. The zero-order valence-electron chi connectivity index (χ0n) is 14.7. The molecule has 3 aromatic carbocycles. The maximum atomic E-state index is 8.80. The van der Waals surface area contributed by atoms with Gasteiger partial charge in [-0.25, -0.2) is 0 Å². The lowest BCUT2D eigenvalue weighted by Gasteiger charge is -2.16. The van der Waals surface area contributed by atoms with Crippen LogP contribution in [-0.2, 0) is 13.0 Å². The van der Waals surface area contributed by atoms with Crippen molar-refractivity contribution in [1.82, 2.24) is 0 Å². The van der Waals surface area contributed by atoms with Crippen LogP contribution in [-0.4, -0.2) is 18.5 Å². The molecule has 0 spiro atoms. The summed E-state index contributed by atoms with van der Waals surface area (Å²) in [6.07, 6.45) is 3.79. The van der Waals surface area contributed by atoms with E-state index in [1.54, 1.807) is 19.3 Å². The van der Waals surface area contributed by atoms with Crippen LogP contribution in [0.3, 0.4) is 0 Å². The minimum absolute atomic E-state index is 0.426. The van der Waals surface area contributed by atoms with Gasteiger partial charge in [0.25, 0.3) is 0 Å². The van der Waals surface area contributed by atoms with Crippen molar-refractivity contribution in [2.24, 2.45) is 5.16 Å². The Morgan fingerprint density at radius 1 is 1.08 bits per heavy atom. The predicted octanol–water partition coefficient (Wildman–Crippen LogP) is 4.96. The van der Waals surface area contributed by atoms with Crippen molar-refractivity contribution in [3.05, 3.63) is 83.9 Å². The first-order valence-electron chi connectivity index (χ1n) is 8.35. The van der Waals surface area contributed by atoms with Crippen molar-refractivity contribution in [2.45, 2.75) is 13.0 Å². The monoisotopic (exact) mass is 347 g/mol. The van der Waals surface area contributed by atoms with E-state index in [9.17, 15) is 0 Å². The van der Waals surface area contributed by atoms with Gasteiger partial charge in [0.2, 0.25) is 0 Å². The van der Waals surface area contributed by atoms with Gasteiger partial charge in [-0.1, -0.05) is 53.7 Å². The number of hydrogen-bond donors (Lipinski definition) is 1. The molecular weight excluding hydrogens is 326 g/mol. The van der Waals surface area contributed by atoms with Crippen molar-refractivity contribution in [3.8, 4) is 11.5 Å². The quantitative estimate of drug-likeness (QED) is 0.284. The number of oxime groups is 1. The van der Waals surface area contributed by atoms with E-state index in [4.69, 9.17) is 14.7 Å². The van der Waals surface area contributed by atoms with Crippen molar-refractivity contribution in [3.63, 3.8) is 0 Å². The molecule has 0 aliphatic heterocycles. The Balaban J connectivity index is 1.96. The van der Waals surface area contributed by atoms with E-state index in [0.29, 0.717) is 24.5 Å². The molecule has 0 atom stereocenters. The number of rotatable bonds is 7. The second-order valence-corrected chi connectivity index (χ2v) is 5.88. The summed E-state index contributed by atoms with van der Waals surface area (Å²) < 4.78 is 11.7. The number of methoxy groups -OCH3 is 1. The van der Waals surface area contributed by atoms with E-state index in [-0.39, 0.29) is 0 Å². The first-order chi connectivity index (χ1) is 12.8. The normalized spacial score (nSPS) is 11.0. The highest BCUT2D eigenvalue weighted by Crippen LogP contribution is 2.34. The number of fused-ring (bicyclic) bond motifs is 1. The third-order valence-corrected chi connectivity index (χ3v) is 4.20. The highest BCUT2D eigenvalue weighted by atomic mass is 16.5. The average Bonchev–Trinajstić information content (AvgIpc) is 2.67. The number of hydrogen-bond acceptors (Lipinski definition) is 4. The second kappa shape index (κ2) is 8.21. The van der Waals surface area contributed by atoms with E-state index < -0.39 is 0 Å². The van der Waals surface area contributed by atoms with Crippen LogP contribution in [0.15, 0.2) is 72.4 Å². The van der Waals surface area contributed by atoms with Gasteiger partial charge >= 0.3 is 0 Å². The van der Waals surface area contributed by atoms with Crippen LogP contribution >= 0.6 is 0 Å². The summed E-state index contributed by atoms with van der Waals surface area (Å²) in [5.41, 5.74) is 2.77. The molecule has 0 aromatic heterocycles. The fourth-order valence-corrected chi connectivity index (χ4v) is 3.02. The number of nitrogens with zero attached hydrogens (tertiary/aromatic N) is 1. The first-order valence-corrected chi connectivity index (χ1v) is 8.35. The lowest BCUT2D eigenvalue weighted by molar-refractivity contribution is 0.283. The van der Waals surface area contributed by atoms with E-state index in [0.717, 1.165) is 16.7 Å². The van der Waals surface area contributed by atoms with Crippen LogP contribution in [0.2, 0.25) is 0 Å².